The Labute approximate surface area is 192 Å². The van der Waals surface area contributed by atoms with Crippen LogP contribution in [0.3, 0.4) is 0 Å². The van der Waals surface area contributed by atoms with Crippen molar-refractivity contribution in [2.24, 2.45) is 15.5 Å². The maximum absolute atomic E-state index is 11.3. The summed E-state index contributed by atoms with van der Waals surface area (Å²) in [6, 6.07) is 7.00. The van der Waals surface area contributed by atoms with Crippen LogP contribution >= 0.6 is 24.0 Å². The third kappa shape index (κ3) is 6.28. The fourth-order valence-corrected chi connectivity index (χ4v) is 4.63. The molecule has 1 aromatic rings. The van der Waals surface area contributed by atoms with Gasteiger partial charge in [0.1, 0.15) is 0 Å². The van der Waals surface area contributed by atoms with E-state index in [2.05, 4.69) is 29.5 Å². The molecule has 0 aromatic heterocycles. The van der Waals surface area contributed by atoms with Crippen molar-refractivity contribution < 1.29 is 13.2 Å². The fourth-order valence-electron chi connectivity index (χ4n) is 4.11. The first-order valence-corrected chi connectivity index (χ1v) is 11.6. The van der Waals surface area contributed by atoms with Crippen LogP contribution in [-0.4, -0.2) is 46.7 Å². The van der Waals surface area contributed by atoms with Gasteiger partial charge in [0.15, 0.2) is 5.96 Å². The molecule has 0 aliphatic heterocycles. The van der Waals surface area contributed by atoms with Gasteiger partial charge in [0.25, 0.3) is 0 Å². The summed E-state index contributed by atoms with van der Waals surface area (Å²) in [6.45, 7) is 7.94. The number of halogens is 1. The van der Waals surface area contributed by atoms with E-state index in [-0.39, 0.29) is 34.3 Å². The number of ether oxygens (including phenoxy) is 1. The summed E-state index contributed by atoms with van der Waals surface area (Å²) in [5.74, 6) is 0.785. The summed E-state index contributed by atoms with van der Waals surface area (Å²) in [4.78, 5) is 4.48. The van der Waals surface area contributed by atoms with Crippen LogP contribution in [0.2, 0.25) is 0 Å². The monoisotopic (exact) mass is 538 g/mol. The van der Waals surface area contributed by atoms with Gasteiger partial charge in [0.05, 0.1) is 11.0 Å². The largest absolute Gasteiger partial charge is 0.378 e. The van der Waals surface area contributed by atoms with E-state index in [1.165, 1.54) is 12.1 Å². The molecule has 1 aromatic carbocycles. The molecular weight excluding hydrogens is 503 g/mol. The minimum Gasteiger partial charge on any atom is -0.378 e. The zero-order valence-corrected chi connectivity index (χ0v) is 20.9. The zero-order valence-electron chi connectivity index (χ0n) is 17.8. The minimum atomic E-state index is -3.65. The van der Waals surface area contributed by atoms with Crippen molar-refractivity contribution in [3.8, 4) is 0 Å². The number of aliphatic imine (C=N–C) groups is 1. The van der Waals surface area contributed by atoms with E-state index in [0.717, 1.165) is 43.8 Å². The molecule has 0 spiro atoms. The van der Waals surface area contributed by atoms with Gasteiger partial charge in [-0.3, -0.25) is 4.99 Å². The van der Waals surface area contributed by atoms with Crippen LogP contribution in [0.5, 0.6) is 0 Å². The van der Waals surface area contributed by atoms with Gasteiger partial charge in [-0.15, -0.1) is 24.0 Å². The standard InChI is InChI=1S/C20H34N4O3S.HI/c1-5-20(6-2)17(14-18(20)27-7-3)24-19(22-4)23-13-12-15-8-10-16(11-9-15)28(21,25)26;/h8-11,17-18H,5-7,12-14H2,1-4H3,(H2,21,25,26)(H2,22,23,24);1H. The van der Waals surface area contributed by atoms with Crippen molar-refractivity contribution in [3.05, 3.63) is 29.8 Å². The molecule has 1 saturated carbocycles. The molecule has 9 heteroatoms. The Morgan fingerprint density at radius 2 is 1.86 bits per heavy atom. The molecule has 1 fully saturated rings. The number of nitrogens with one attached hydrogen (secondary N) is 2. The molecule has 0 heterocycles. The molecule has 4 N–H and O–H groups in total. The lowest BCUT2D eigenvalue weighted by atomic mass is 9.58. The van der Waals surface area contributed by atoms with Crippen molar-refractivity contribution in [2.45, 2.75) is 63.5 Å². The smallest absolute Gasteiger partial charge is 0.238 e. The van der Waals surface area contributed by atoms with E-state index < -0.39 is 10.0 Å². The molecule has 7 nitrogen and oxygen atoms in total. The second kappa shape index (κ2) is 11.5. The highest BCUT2D eigenvalue weighted by molar-refractivity contribution is 14.0. The van der Waals surface area contributed by atoms with Crippen molar-refractivity contribution in [3.63, 3.8) is 0 Å². The molecular formula is C20H35IN4O3S. The average Bonchev–Trinajstić information content (AvgIpc) is 2.66. The maximum Gasteiger partial charge on any atom is 0.238 e. The highest BCUT2D eigenvalue weighted by Gasteiger charge is 2.53. The Morgan fingerprint density at radius 1 is 1.24 bits per heavy atom. The number of guanidine groups is 1. The van der Waals surface area contributed by atoms with Crippen LogP contribution in [0.25, 0.3) is 0 Å². The second-order valence-electron chi connectivity index (χ2n) is 7.25. The summed E-state index contributed by atoms with van der Waals surface area (Å²) < 4.78 is 28.6. The predicted molar refractivity (Wildman–Crippen MR) is 128 cm³/mol. The number of hydrogen-bond acceptors (Lipinski definition) is 4. The van der Waals surface area contributed by atoms with Gasteiger partial charge in [0.2, 0.25) is 10.0 Å². The van der Waals surface area contributed by atoms with Crippen LogP contribution in [0, 0.1) is 5.41 Å². The van der Waals surface area contributed by atoms with Gasteiger partial charge in [-0.2, -0.15) is 0 Å². The summed E-state index contributed by atoms with van der Waals surface area (Å²) in [6.07, 6.45) is 4.19. The SMILES string of the molecule is CCOC1CC(NC(=NC)NCCc2ccc(S(N)(=O)=O)cc2)C1(CC)CC.I. The number of nitrogens with zero attached hydrogens (tertiary/aromatic N) is 1. The van der Waals surface area contributed by atoms with Gasteiger partial charge in [-0.05, 0) is 50.3 Å². The van der Waals surface area contributed by atoms with E-state index in [1.54, 1.807) is 19.2 Å². The van der Waals surface area contributed by atoms with Crippen molar-refractivity contribution in [2.75, 3.05) is 20.2 Å². The summed E-state index contributed by atoms with van der Waals surface area (Å²) in [5.41, 5.74) is 1.18. The van der Waals surface area contributed by atoms with Gasteiger partial charge >= 0.3 is 0 Å². The molecule has 1 aliphatic carbocycles. The highest BCUT2D eigenvalue weighted by atomic mass is 127. The molecule has 1 aliphatic rings. The lowest BCUT2D eigenvalue weighted by Crippen LogP contribution is -2.65. The quantitative estimate of drug-likeness (QED) is 0.255. The first-order chi connectivity index (χ1) is 13.3. The van der Waals surface area contributed by atoms with Gasteiger partial charge in [0, 0.05) is 31.7 Å². The number of hydrogen-bond donors (Lipinski definition) is 3. The Kier molecular flexibility index (Phi) is 10.3. The summed E-state index contributed by atoms with van der Waals surface area (Å²) >= 11 is 0. The molecule has 0 bridgehead atoms. The molecule has 2 unspecified atom stereocenters. The first-order valence-electron chi connectivity index (χ1n) is 10.0. The Bertz CT molecular complexity index is 764. The molecule has 0 amide bonds. The Hall–Kier alpha value is -0.910. The topological polar surface area (TPSA) is 106 Å². The van der Waals surface area contributed by atoms with Crippen LogP contribution in [0.15, 0.2) is 34.2 Å². The normalized spacial score (nSPS) is 21.1. The third-order valence-corrected chi connectivity index (χ3v) is 6.89. The van der Waals surface area contributed by atoms with Crippen LogP contribution in [-0.2, 0) is 21.2 Å². The summed E-state index contributed by atoms with van der Waals surface area (Å²) in [5, 5.41) is 12.0. The van der Waals surface area contributed by atoms with Gasteiger partial charge in [-0.1, -0.05) is 26.0 Å². The average molecular weight is 538 g/mol. The van der Waals surface area contributed by atoms with E-state index >= 15 is 0 Å². The highest BCUT2D eigenvalue weighted by Crippen LogP contribution is 2.48. The number of nitrogens with two attached hydrogens (primary N) is 1. The number of sulfonamides is 1. The first kappa shape index (κ1) is 26.1. The van der Waals surface area contributed by atoms with Crippen molar-refractivity contribution in [1.82, 2.24) is 10.6 Å². The Balaban J connectivity index is 0.00000420. The fraction of sp³-hybridized carbons (Fsp3) is 0.650. The van der Waals surface area contributed by atoms with E-state index in [4.69, 9.17) is 9.88 Å². The molecule has 166 valence electrons. The third-order valence-electron chi connectivity index (χ3n) is 5.96. The molecule has 0 radical (unpaired) electrons. The van der Waals surface area contributed by atoms with Crippen LogP contribution in [0.4, 0.5) is 0 Å². The Morgan fingerprint density at radius 3 is 2.34 bits per heavy atom. The van der Waals surface area contributed by atoms with Crippen LogP contribution in [0.1, 0.15) is 45.6 Å². The summed E-state index contributed by atoms with van der Waals surface area (Å²) in [7, 11) is -1.88. The maximum atomic E-state index is 11.3. The van der Waals surface area contributed by atoms with Crippen molar-refractivity contribution in [1.29, 1.82) is 0 Å². The number of benzene rings is 1. The van der Waals surface area contributed by atoms with Crippen molar-refractivity contribution >= 4 is 40.0 Å². The predicted octanol–water partition coefficient (Wildman–Crippen LogP) is 2.64. The van der Waals surface area contributed by atoms with Gasteiger partial charge in [-0.25, -0.2) is 13.6 Å². The lowest BCUT2D eigenvalue weighted by Gasteiger charge is -2.55. The zero-order chi connectivity index (χ0) is 20.8. The lowest BCUT2D eigenvalue weighted by molar-refractivity contribution is -0.133. The molecule has 0 saturated heterocycles. The van der Waals surface area contributed by atoms with Crippen LogP contribution < -0.4 is 15.8 Å². The van der Waals surface area contributed by atoms with Gasteiger partial charge < -0.3 is 15.4 Å². The number of rotatable bonds is 9. The molecule has 2 atom stereocenters. The van der Waals surface area contributed by atoms with E-state index in [9.17, 15) is 8.42 Å². The molecule has 29 heavy (non-hydrogen) atoms. The number of primary sulfonamides is 1. The molecule has 2 rings (SSSR count). The van der Waals surface area contributed by atoms with E-state index in [1.807, 2.05) is 6.92 Å². The van der Waals surface area contributed by atoms with E-state index in [0.29, 0.717) is 18.7 Å². The second-order valence-corrected chi connectivity index (χ2v) is 8.82. The minimum absolute atomic E-state index is 0.